The number of hydrogen-bond donors (Lipinski definition) is 2. The molecule has 1 aromatic heterocycles. The number of carbonyl (C=O) groups is 2. The van der Waals surface area contributed by atoms with E-state index in [1.807, 2.05) is 0 Å². The summed E-state index contributed by atoms with van der Waals surface area (Å²) in [6.07, 6.45) is 0.971. The Kier molecular flexibility index (Phi) is 5.68. The lowest BCUT2D eigenvalue weighted by atomic mass is 10.1. The molecule has 0 saturated carbocycles. The van der Waals surface area contributed by atoms with E-state index in [4.69, 9.17) is 0 Å². The Morgan fingerprint density at radius 3 is 2.48 bits per heavy atom. The number of aromatic amines is 1. The molecule has 0 fully saturated rings. The quantitative estimate of drug-likeness (QED) is 0.638. The fourth-order valence-electron chi connectivity index (χ4n) is 2.68. The Bertz CT molecular complexity index is 1200. The van der Waals surface area contributed by atoms with Crippen molar-refractivity contribution in [2.45, 2.75) is 6.54 Å². The summed E-state index contributed by atoms with van der Waals surface area (Å²) in [7, 11) is 1.20. The van der Waals surface area contributed by atoms with Crippen molar-refractivity contribution >= 4 is 17.6 Å². The van der Waals surface area contributed by atoms with Crippen LogP contribution in [-0.4, -0.2) is 28.5 Å². The van der Waals surface area contributed by atoms with E-state index in [1.165, 1.54) is 37.4 Å². The number of esters is 1. The fourth-order valence-corrected chi connectivity index (χ4v) is 2.68. The van der Waals surface area contributed by atoms with E-state index in [0.29, 0.717) is 0 Å². The van der Waals surface area contributed by atoms with E-state index in [2.05, 4.69) is 15.0 Å². The first-order valence-corrected chi connectivity index (χ1v) is 8.47. The van der Waals surface area contributed by atoms with Crippen LogP contribution in [0, 0.1) is 5.82 Å². The van der Waals surface area contributed by atoms with E-state index in [-0.39, 0.29) is 28.9 Å². The normalized spacial score (nSPS) is 10.4. The van der Waals surface area contributed by atoms with Crippen LogP contribution in [0.25, 0.3) is 0 Å². The third-order valence-corrected chi connectivity index (χ3v) is 4.17. The van der Waals surface area contributed by atoms with Crippen LogP contribution < -0.4 is 16.6 Å². The molecule has 9 heteroatoms. The van der Waals surface area contributed by atoms with Gasteiger partial charge in [0.05, 0.1) is 24.9 Å². The Labute approximate surface area is 163 Å². The molecule has 0 radical (unpaired) electrons. The molecule has 0 bridgehead atoms. The number of ether oxygens (including phenoxy) is 1. The minimum absolute atomic E-state index is 0.0967. The molecular weight excluding hydrogens is 381 g/mol. The summed E-state index contributed by atoms with van der Waals surface area (Å²) in [5.74, 6) is -2.09. The number of para-hydroxylation sites is 1. The zero-order chi connectivity index (χ0) is 21.0. The lowest BCUT2D eigenvalue weighted by Crippen LogP contribution is -2.39. The highest BCUT2D eigenvalue weighted by Gasteiger charge is 2.19. The predicted molar refractivity (Wildman–Crippen MR) is 103 cm³/mol. The first-order valence-electron chi connectivity index (χ1n) is 8.47. The lowest BCUT2D eigenvalue weighted by molar-refractivity contribution is 0.0602. The van der Waals surface area contributed by atoms with E-state index in [1.54, 1.807) is 18.2 Å². The number of H-pyrrole nitrogens is 1. The maximum atomic E-state index is 13.9. The standard InChI is InChI=1S/C20H16FN3O5/c1-29-19(27)13-7-3-5-9-16(13)23-17(25)14-10-22-20(28)24(18(14)26)11-12-6-2-4-8-15(12)21/h2-10H,11H2,1H3,(H,22,28)(H,23,25). The summed E-state index contributed by atoms with van der Waals surface area (Å²) in [5, 5.41) is 2.46. The molecule has 1 heterocycles. The van der Waals surface area contributed by atoms with Gasteiger partial charge in [-0.2, -0.15) is 0 Å². The number of hydrogen-bond acceptors (Lipinski definition) is 5. The van der Waals surface area contributed by atoms with Crippen LogP contribution in [0.1, 0.15) is 26.3 Å². The monoisotopic (exact) mass is 397 g/mol. The van der Waals surface area contributed by atoms with Crippen LogP contribution in [0.2, 0.25) is 0 Å². The summed E-state index contributed by atoms with van der Waals surface area (Å²) < 4.78 is 19.3. The first-order chi connectivity index (χ1) is 13.9. The van der Waals surface area contributed by atoms with Crippen molar-refractivity contribution in [1.82, 2.24) is 9.55 Å². The largest absolute Gasteiger partial charge is 0.465 e. The molecule has 148 valence electrons. The third-order valence-electron chi connectivity index (χ3n) is 4.17. The molecule has 2 aromatic carbocycles. The number of benzene rings is 2. The van der Waals surface area contributed by atoms with Crippen LogP contribution in [0.5, 0.6) is 0 Å². The number of nitrogens with one attached hydrogen (secondary N) is 2. The molecule has 0 unspecified atom stereocenters. The van der Waals surface area contributed by atoms with Gasteiger partial charge in [-0.05, 0) is 18.2 Å². The second-order valence-corrected chi connectivity index (χ2v) is 5.98. The van der Waals surface area contributed by atoms with Crippen molar-refractivity contribution in [2.24, 2.45) is 0 Å². The first kappa shape index (κ1) is 19.7. The van der Waals surface area contributed by atoms with Gasteiger partial charge in [-0.25, -0.2) is 14.0 Å². The highest BCUT2D eigenvalue weighted by atomic mass is 19.1. The summed E-state index contributed by atoms with van der Waals surface area (Å²) in [5.41, 5.74) is -1.71. The Morgan fingerprint density at radius 2 is 1.76 bits per heavy atom. The number of carbonyl (C=O) groups excluding carboxylic acids is 2. The molecule has 29 heavy (non-hydrogen) atoms. The average Bonchev–Trinajstić information content (AvgIpc) is 2.72. The number of rotatable bonds is 5. The predicted octanol–water partition coefficient (Wildman–Crippen LogP) is 1.76. The van der Waals surface area contributed by atoms with Crippen LogP contribution in [0.15, 0.2) is 64.3 Å². The molecule has 3 rings (SSSR count). The maximum absolute atomic E-state index is 13.9. The van der Waals surface area contributed by atoms with Crippen molar-refractivity contribution in [2.75, 3.05) is 12.4 Å². The zero-order valence-electron chi connectivity index (χ0n) is 15.3. The zero-order valence-corrected chi connectivity index (χ0v) is 15.3. The highest BCUT2D eigenvalue weighted by Crippen LogP contribution is 2.16. The number of aromatic nitrogens is 2. The van der Waals surface area contributed by atoms with E-state index in [0.717, 1.165) is 10.8 Å². The molecule has 0 aliphatic rings. The van der Waals surface area contributed by atoms with Crippen LogP contribution in [0.4, 0.5) is 10.1 Å². The molecule has 8 nitrogen and oxygen atoms in total. The molecule has 0 saturated heterocycles. The lowest BCUT2D eigenvalue weighted by Gasteiger charge is -2.11. The van der Waals surface area contributed by atoms with Gasteiger partial charge in [0.1, 0.15) is 11.4 Å². The van der Waals surface area contributed by atoms with Crippen molar-refractivity contribution in [1.29, 1.82) is 0 Å². The van der Waals surface area contributed by atoms with Crippen molar-refractivity contribution in [3.05, 3.63) is 98.1 Å². The summed E-state index contributed by atoms with van der Waals surface area (Å²) in [4.78, 5) is 51.5. The topological polar surface area (TPSA) is 110 Å². The van der Waals surface area contributed by atoms with Gasteiger partial charge in [-0.1, -0.05) is 30.3 Å². The highest BCUT2D eigenvalue weighted by molar-refractivity contribution is 6.07. The van der Waals surface area contributed by atoms with Gasteiger partial charge in [0, 0.05) is 11.8 Å². The van der Waals surface area contributed by atoms with Gasteiger partial charge in [0.25, 0.3) is 11.5 Å². The number of amides is 1. The fraction of sp³-hybridized carbons (Fsp3) is 0.100. The average molecular weight is 397 g/mol. The second kappa shape index (κ2) is 8.34. The van der Waals surface area contributed by atoms with Gasteiger partial charge in [0.15, 0.2) is 0 Å². The Morgan fingerprint density at radius 1 is 1.07 bits per heavy atom. The van der Waals surface area contributed by atoms with Gasteiger partial charge in [-0.3, -0.25) is 14.2 Å². The summed E-state index contributed by atoms with van der Waals surface area (Å²) >= 11 is 0. The molecular formula is C20H16FN3O5. The van der Waals surface area contributed by atoms with Crippen LogP contribution >= 0.6 is 0 Å². The number of anilines is 1. The van der Waals surface area contributed by atoms with Gasteiger partial charge in [-0.15, -0.1) is 0 Å². The molecule has 2 N–H and O–H groups in total. The molecule has 0 aliphatic heterocycles. The van der Waals surface area contributed by atoms with Gasteiger partial charge in [0.2, 0.25) is 0 Å². The molecule has 3 aromatic rings. The van der Waals surface area contributed by atoms with Gasteiger partial charge < -0.3 is 15.0 Å². The van der Waals surface area contributed by atoms with Gasteiger partial charge >= 0.3 is 11.7 Å². The second-order valence-electron chi connectivity index (χ2n) is 5.98. The summed E-state index contributed by atoms with van der Waals surface area (Å²) in [6, 6.07) is 11.8. The smallest absolute Gasteiger partial charge is 0.339 e. The van der Waals surface area contributed by atoms with Crippen LogP contribution in [-0.2, 0) is 11.3 Å². The van der Waals surface area contributed by atoms with Crippen LogP contribution in [0.3, 0.4) is 0 Å². The summed E-state index contributed by atoms with van der Waals surface area (Å²) in [6.45, 7) is -0.347. The minimum Gasteiger partial charge on any atom is -0.465 e. The third kappa shape index (κ3) is 4.13. The van der Waals surface area contributed by atoms with Crippen molar-refractivity contribution in [3.8, 4) is 0 Å². The number of nitrogens with zero attached hydrogens (tertiary/aromatic N) is 1. The number of methoxy groups -OCH3 is 1. The Balaban J connectivity index is 1.96. The molecule has 1 amide bonds. The molecule has 0 atom stereocenters. The van der Waals surface area contributed by atoms with Crippen molar-refractivity contribution < 1.29 is 18.7 Å². The van der Waals surface area contributed by atoms with E-state index in [9.17, 15) is 23.6 Å². The Hall–Kier alpha value is -4.01. The maximum Gasteiger partial charge on any atom is 0.339 e. The van der Waals surface area contributed by atoms with E-state index < -0.39 is 28.9 Å². The van der Waals surface area contributed by atoms with E-state index >= 15 is 0 Å². The number of halogens is 1. The SMILES string of the molecule is COC(=O)c1ccccc1NC(=O)c1c[nH]c(=O)n(Cc2ccccc2F)c1=O. The molecule has 0 aliphatic carbocycles. The molecule has 0 spiro atoms. The van der Waals surface area contributed by atoms with Crippen molar-refractivity contribution in [3.63, 3.8) is 0 Å². The minimum atomic E-state index is -0.898.